The van der Waals surface area contributed by atoms with Gasteiger partial charge in [-0.1, -0.05) is 12.1 Å². The number of methoxy groups -OCH3 is 3. The number of carbonyl (C=O) groups excluding carboxylic acids is 1. The highest BCUT2D eigenvalue weighted by Crippen LogP contribution is 2.38. The fraction of sp³-hybridized carbons (Fsp3) is 0.263. The Hall–Kier alpha value is -3.22. The third kappa shape index (κ3) is 4.05. The zero-order chi connectivity index (χ0) is 19.3. The maximum absolute atomic E-state index is 12.6. The van der Waals surface area contributed by atoms with E-state index in [0.29, 0.717) is 34.1 Å². The Morgan fingerprint density at radius 2 is 1.62 bits per heavy atom. The second kappa shape index (κ2) is 8.24. The van der Waals surface area contributed by atoms with E-state index in [1.54, 1.807) is 43.3 Å². The maximum atomic E-state index is 12.6. The van der Waals surface area contributed by atoms with Crippen molar-refractivity contribution in [2.24, 2.45) is 0 Å². The number of amides is 1. The lowest BCUT2D eigenvalue weighted by atomic mass is 10.0. The molecule has 0 heterocycles. The van der Waals surface area contributed by atoms with Gasteiger partial charge in [0.25, 0.3) is 5.91 Å². The van der Waals surface area contributed by atoms with Crippen molar-refractivity contribution in [2.45, 2.75) is 12.8 Å². The van der Waals surface area contributed by atoms with Gasteiger partial charge in [-0.25, -0.2) is 0 Å². The molecule has 0 spiro atoms. The monoisotopic (exact) mass is 359 g/mol. The number of carbonyl (C=O) groups is 2. The fourth-order valence-electron chi connectivity index (χ4n) is 2.44. The van der Waals surface area contributed by atoms with E-state index < -0.39 is 11.9 Å². The standard InChI is InChI=1S/C19H21NO6/c1-11(19(22)23)12-6-5-7-14(8-12)20-18(21)13-9-15(24-2)17(26-4)16(10-13)25-3/h5-11H,1-4H3,(H,20,21)(H,22,23). The highest BCUT2D eigenvalue weighted by molar-refractivity contribution is 6.05. The summed E-state index contributed by atoms with van der Waals surface area (Å²) in [7, 11) is 4.42. The first kappa shape index (κ1) is 19.1. The third-order valence-corrected chi connectivity index (χ3v) is 3.94. The maximum Gasteiger partial charge on any atom is 0.310 e. The van der Waals surface area contributed by atoms with Crippen LogP contribution in [-0.4, -0.2) is 38.3 Å². The Bertz CT molecular complexity index is 792. The fourth-order valence-corrected chi connectivity index (χ4v) is 2.44. The SMILES string of the molecule is COc1cc(C(=O)Nc2cccc(C(C)C(=O)O)c2)cc(OC)c1OC. The minimum Gasteiger partial charge on any atom is -0.493 e. The van der Waals surface area contributed by atoms with Crippen LogP contribution in [0.2, 0.25) is 0 Å². The summed E-state index contributed by atoms with van der Waals surface area (Å²) in [5.74, 6) is -0.866. The van der Waals surface area contributed by atoms with Crippen LogP contribution >= 0.6 is 0 Å². The molecule has 0 aliphatic carbocycles. The Kier molecular flexibility index (Phi) is 6.06. The molecule has 1 amide bonds. The number of benzene rings is 2. The van der Waals surface area contributed by atoms with Crippen LogP contribution in [0.1, 0.15) is 28.8 Å². The molecule has 2 rings (SSSR count). The summed E-state index contributed by atoms with van der Waals surface area (Å²) in [5.41, 5.74) is 1.41. The predicted octanol–water partition coefficient (Wildman–Crippen LogP) is 3.15. The number of hydrogen-bond acceptors (Lipinski definition) is 5. The molecule has 2 aromatic rings. The topological polar surface area (TPSA) is 94.1 Å². The minimum absolute atomic E-state index is 0.316. The highest BCUT2D eigenvalue weighted by atomic mass is 16.5. The van der Waals surface area contributed by atoms with Crippen LogP contribution in [0.15, 0.2) is 36.4 Å². The van der Waals surface area contributed by atoms with Crippen LogP contribution in [-0.2, 0) is 4.79 Å². The van der Waals surface area contributed by atoms with Crippen molar-refractivity contribution in [2.75, 3.05) is 26.6 Å². The van der Waals surface area contributed by atoms with E-state index >= 15 is 0 Å². The number of aliphatic carboxylic acids is 1. The van der Waals surface area contributed by atoms with Gasteiger partial charge in [0.05, 0.1) is 27.2 Å². The quantitative estimate of drug-likeness (QED) is 0.789. The van der Waals surface area contributed by atoms with Crippen LogP contribution in [0.4, 0.5) is 5.69 Å². The molecule has 0 saturated carbocycles. The van der Waals surface area contributed by atoms with Crippen molar-refractivity contribution in [3.05, 3.63) is 47.5 Å². The van der Waals surface area contributed by atoms with E-state index in [9.17, 15) is 9.59 Å². The summed E-state index contributed by atoms with van der Waals surface area (Å²) in [5, 5.41) is 11.9. The molecule has 2 aromatic carbocycles. The second-order valence-electron chi connectivity index (χ2n) is 5.55. The molecule has 138 valence electrons. The minimum atomic E-state index is -0.932. The number of ether oxygens (including phenoxy) is 3. The van der Waals surface area contributed by atoms with Crippen molar-refractivity contribution in [1.82, 2.24) is 0 Å². The lowest BCUT2D eigenvalue weighted by Crippen LogP contribution is -2.13. The molecule has 2 N–H and O–H groups in total. The summed E-state index contributed by atoms with van der Waals surface area (Å²) in [4.78, 5) is 23.7. The van der Waals surface area contributed by atoms with Crippen LogP contribution in [0.3, 0.4) is 0 Å². The molecular formula is C19H21NO6. The van der Waals surface area contributed by atoms with Crippen molar-refractivity contribution in [3.63, 3.8) is 0 Å². The summed E-state index contributed by atoms with van der Waals surface area (Å²) in [6.45, 7) is 1.59. The lowest BCUT2D eigenvalue weighted by molar-refractivity contribution is -0.138. The average Bonchev–Trinajstić information content (AvgIpc) is 2.65. The van der Waals surface area contributed by atoms with Gasteiger partial charge < -0.3 is 24.6 Å². The molecule has 7 heteroatoms. The number of carboxylic acid groups (broad SMARTS) is 1. The smallest absolute Gasteiger partial charge is 0.310 e. The molecule has 1 atom stereocenters. The van der Waals surface area contributed by atoms with Gasteiger partial charge in [0.2, 0.25) is 5.75 Å². The number of rotatable bonds is 7. The Morgan fingerprint density at radius 3 is 2.12 bits per heavy atom. The van der Waals surface area contributed by atoms with Crippen molar-refractivity contribution >= 4 is 17.6 Å². The van der Waals surface area contributed by atoms with E-state index in [2.05, 4.69) is 5.32 Å². The molecule has 0 fully saturated rings. The highest BCUT2D eigenvalue weighted by Gasteiger charge is 2.18. The zero-order valence-electron chi connectivity index (χ0n) is 15.0. The number of anilines is 1. The van der Waals surface area contributed by atoms with E-state index in [-0.39, 0.29) is 5.91 Å². The van der Waals surface area contributed by atoms with Gasteiger partial charge in [-0.2, -0.15) is 0 Å². The first-order chi connectivity index (χ1) is 12.4. The normalized spacial score (nSPS) is 11.4. The summed E-state index contributed by atoms with van der Waals surface area (Å²) in [6.07, 6.45) is 0. The van der Waals surface area contributed by atoms with E-state index in [1.165, 1.54) is 21.3 Å². The molecule has 0 aromatic heterocycles. The molecule has 0 aliphatic heterocycles. The predicted molar refractivity (Wildman–Crippen MR) is 96.5 cm³/mol. The first-order valence-electron chi connectivity index (χ1n) is 7.85. The molecule has 7 nitrogen and oxygen atoms in total. The molecule has 0 radical (unpaired) electrons. The van der Waals surface area contributed by atoms with Gasteiger partial charge in [-0.15, -0.1) is 0 Å². The van der Waals surface area contributed by atoms with Crippen molar-refractivity contribution < 1.29 is 28.9 Å². The van der Waals surface area contributed by atoms with E-state index in [4.69, 9.17) is 19.3 Å². The van der Waals surface area contributed by atoms with Crippen LogP contribution < -0.4 is 19.5 Å². The molecule has 0 bridgehead atoms. The molecule has 1 unspecified atom stereocenters. The van der Waals surface area contributed by atoms with Crippen molar-refractivity contribution in [3.8, 4) is 17.2 Å². The molecule has 0 aliphatic rings. The van der Waals surface area contributed by atoms with E-state index in [0.717, 1.165) is 0 Å². The van der Waals surface area contributed by atoms with Gasteiger partial charge >= 0.3 is 5.97 Å². The summed E-state index contributed by atoms with van der Waals surface area (Å²) < 4.78 is 15.7. The lowest BCUT2D eigenvalue weighted by Gasteiger charge is -2.14. The van der Waals surface area contributed by atoms with Gasteiger partial charge in [-0.05, 0) is 36.8 Å². The first-order valence-corrected chi connectivity index (χ1v) is 7.85. The van der Waals surface area contributed by atoms with Gasteiger partial charge in [0.15, 0.2) is 11.5 Å². The number of nitrogens with one attached hydrogen (secondary N) is 1. The average molecular weight is 359 g/mol. The van der Waals surface area contributed by atoms with Crippen LogP contribution in [0, 0.1) is 0 Å². The van der Waals surface area contributed by atoms with Gasteiger partial charge in [0.1, 0.15) is 0 Å². The molecule has 0 saturated heterocycles. The Morgan fingerprint density at radius 1 is 1.00 bits per heavy atom. The summed E-state index contributed by atoms with van der Waals surface area (Å²) in [6, 6.07) is 9.80. The largest absolute Gasteiger partial charge is 0.493 e. The molecule has 26 heavy (non-hydrogen) atoms. The third-order valence-electron chi connectivity index (χ3n) is 3.94. The Balaban J connectivity index is 2.30. The van der Waals surface area contributed by atoms with Gasteiger partial charge in [-0.3, -0.25) is 9.59 Å². The van der Waals surface area contributed by atoms with Crippen molar-refractivity contribution in [1.29, 1.82) is 0 Å². The Labute approximate surface area is 151 Å². The van der Waals surface area contributed by atoms with Crippen LogP contribution in [0.25, 0.3) is 0 Å². The van der Waals surface area contributed by atoms with E-state index in [1.807, 2.05) is 0 Å². The molecular weight excluding hydrogens is 338 g/mol. The van der Waals surface area contributed by atoms with Crippen LogP contribution in [0.5, 0.6) is 17.2 Å². The number of carboxylic acids is 1. The second-order valence-corrected chi connectivity index (χ2v) is 5.55. The summed E-state index contributed by atoms with van der Waals surface area (Å²) >= 11 is 0. The zero-order valence-corrected chi connectivity index (χ0v) is 15.0. The van der Waals surface area contributed by atoms with Gasteiger partial charge in [0, 0.05) is 11.3 Å². The number of hydrogen-bond donors (Lipinski definition) is 2.